The van der Waals surface area contributed by atoms with Gasteiger partial charge in [-0.1, -0.05) is 24.3 Å². The molecule has 0 fully saturated rings. The Balaban J connectivity index is 1.42. The molecule has 174 valence electrons. The van der Waals surface area contributed by atoms with Crippen LogP contribution in [0, 0.1) is 29.8 Å². The fraction of sp³-hybridized carbons (Fsp3) is 0.167. The van der Waals surface area contributed by atoms with E-state index in [1.807, 2.05) is 6.92 Å². The number of aryl methyl sites for hydroxylation is 1. The van der Waals surface area contributed by atoms with Crippen molar-refractivity contribution in [3.8, 4) is 5.75 Å². The number of amides is 1. The van der Waals surface area contributed by atoms with Gasteiger partial charge >= 0.3 is 5.69 Å². The lowest BCUT2D eigenvalue weighted by Crippen LogP contribution is -2.12. The molecule has 9 nitrogen and oxygen atoms in total. The molecule has 0 saturated carbocycles. The minimum Gasteiger partial charge on any atom is -0.479 e. The Morgan fingerprint density at radius 2 is 1.88 bits per heavy atom. The number of furan rings is 1. The van der Waals surface area contributed by atoms with Crippen molar-refractivity contribution in [3.05, 3.63) is 105 Å². The van der Waals surface area contributed by atoms with Gasteiger partial charge in [-0.3, -0.25) is 19.6 Å². The number of carbonyl (C=O) groups is 1. The van der Waals surface area contributed by atoms with Gasteiger partial charge in [-0.05, 0) is 49.7 Å². The van der Waals surface area contributed by atoms with Crippen LogP contribution in [0.15, 0.2) is 65.1 Å². The van der Waals surface area contributed by atoms with E-state index in [-0.39, 0.29) is 29.6 Å². The van der Waals surface area contributed by atoms with Crippen LogP contribution < -0.4 is 10.1 Å². The number of benzene rings is 2. The van der Waals surface area contributed by atoms with Crippen molar-refractivity contribution in [1.82, 2.24) is 9.78 Å². The molecule has 0 atom stereocenters. The highest BCUT2D eigenvalue weighted by Crippen LogP contribution is 2.27. The molecular formula is C24H21FN4O5. The number of hydrogen-bond acceptors (Lipinski definition) is 6. The van der Waals surface area contributed by atoms with Crippen LogP contribution in [0.3, 0.4) is 0 Å². The number of nitro groups is 1. The van der Waals surface area contributed by atoms with Gasteiger partial charge in [-0.25, -0.2) is 4.39 Å². The summed E-state index contributed by atoms with van der Waals surface area (Å²) in [4.78, 5) is 23.3. The van der Waals surface area contributed by atoms with Gasteiger partial charge in [0.05, 0.1) is 28.5 Å². The Morgan fingerprint density at radius 3 is 2.62 bits per heavy atom. The second-order valence-corrected chi connectivity index (χ2v) is 7.56. The third-order valence-electron chi connectivity index (χ3n) is 5.18. The van der Waals surface area contributed by atoms with Crippen LogP contribution in [0.1, 0.15) is 33.3 Å². The third-order valence-corrected chi connectivity index (χ3v) is 5.18. The first kappa shape index (κ1) is 22.7. The third kappa shape index (κ3) is 4.96. The summed E-state index contributed by atoms with van der Waals surface area (Å²) in [6.07, 6.45) is 0. The Morgan fingerprint density at radius 1 is 1.15 bits per heavy atom. The molecule has 4 aromatic rings. The Labute approximate surface area is 193 Å². The summed E-state index contributed by atoms with van der Waals surface area (Å²) in [6, 6.07) is 15.2. The second-order valence-electron chi connectivity index (χ2n) is 7.56. The maximum atomic E-state index is 13.2. The number of hydrogen-bond donors (Lipinski definition) is 1. The van der Waals surface area contributed by atoms with Crippen molar-refractivity contribution in [2.75, 3.05) is 5.32 Å². The Kier molecular flexibility index (Phi) is 6.39. The van der Waals surface area contributed by atoms with Crippen LogP contribution in [0.4, 0.5) is 15.8 Å². The van der Waals surface area contributed by atoms with Crippen molar-refractivity contribution in [2.24, 2.45) is 0 Å². The van der Waals surface area contributed by atoms with Gasteiger partial charge in [0.15, 0.2) is 11.5 Å². The first-order chi connectivity index (χ1) is 16.3. The normalized spacial score (nSPS) is 10.8. The monoisotopic (exact) mass is 464 g/mol. The van der Waals surface area contributed by atoms with Crippen LogP contribution in [0.2, 0.25) is 0 Å². The summed E-state index contributed by atoms with van der Waals surface area (Å²) < 4.78 is 25.9. The number of nitrogens with zero attached hydrogens (tertiary/aromatic N) is 3. The van der Waals surface area contributed by atoms with Crippen molar-refractivity contribution >= 4 is 17.3 Å². The molecule has 1 amide bonds. The molecule has 2 aromatic carbocycles. The number of aromatic nitrogens is 2. The lowest BCUT2D eigenvalue weighted by Gasteiger charge is -2.07. The van der Waals surface area contributed by atoms with Crippen LogP contribution in [0.25, 0.3) is 0 Å². The minimum atomic E-state index is -0.531. The van der Waals surface area contributed by atoms with Crippen molar-refractivity contribution in [2.45, 2.75) is 27.0 Å². The zero-order valence-corrected chi connectivity index (χ0v) is 18.4. The number of para-hydroxylation sites is 2. The average Bonchev–Trinajstić information content (AvgIpc) is 3.40. The van der Waals surface area contributed by atoms with E-state index >= 15 is 0 Å². The van der Waals surface area contributed by atoms with E-state index in [0.717, 1.165) is 11.3 Å². The zero-order chi connectivity index (χ0) is 24.2. The zero-order valence-electron chi connectivity index (χ0n) is 18.4. The fourth-order valence-corrected chi connectivity index (χ4v) is 3.43. The quantitative estimate of drug-likeness (QED) is 0.289. The topological polar surface area (TPSA) is 112 Å². The van der Waals surface area contributed by atoms with Gasteiger partial charge in [0.1, 0.15) is 18.2 Å². The maximum absolute atomic E-state index is 13.2. The summed E-state index contributed by atoms with van der Waals surface area (Å²) in [5, 5.41) is 18.4. The van der Waals surface area contributed by atoms with Crippen LogP contribution >= 0.6 is 0 Å². The summed E-state index contributed by atoms with van der Waals surface area (Å²) in [5.41, 5.74) is 2.64. The first-order valence-electron chi connectivity index (χ1n) is 10.4. The number of halogens is 1. The average molecular weight is 464 g/mol. The summed E-state index contributed by atoms with van der Waals surface area (Å²) >= 11 is 0. The fourth-order valence-electron chi connectivity index (χ4n) is 3.43. The first-order valence-corrected chi connectivity index (χ1v) is 10.4. The highest BCUT2D eigenvalue weighted by atomic mass is 19.1. The molecule has 0 unspecified atom stereocenters. The van der Waals surface area contributed by atoms with Crippen LogP contribution in [-0.2, 0) is 13.2 Å². The number of nitrogens with one attached hydrogen (secondary N) is 1. The van der Waals surface area contributed by atoms with Crippen LogP contribution in [0.5, 0.6) is 5.75 Å². The number of nitro benzene ring substituents is 1. The molecule has 0 spiro atoms. The van der Waals surface area contributed by atoms with Gasteiger partial charge in [-0.15, -0.1) is 0 Å². The number of anilines is 1. The molecule has 2 heterocycles. The van der Waals surface area contributed by atoms with E-state index in [0.29, 0.717) is 23.7 Å². The number of ether oxygens (including phenoxy) is 1. The molecule has 1 N–H and O–H groups in total. The Hall–Kier alpha value is -4.47. The number of rotatable bonds is 8. The lowest BCUT2D eigenvalue weighted by atomic mass is 10.2. The molecule has 2 aromatic heterocycles. The van der Waals surface area contributed by atoms with Gasteiger partial charge in [0, 0.05) is 6.07 Å². The molecule has 0 saturated heterocycles. The van der Waals surface area contributed by atoms with E-state index in [1.165, 1.54) is 30.3 Å². The molecule has 0 aliphatic carbocycles. The smallest absolute Gasteiger partial charge is 0.310 e. The molecule has 0 bridgehead atoms. The van der Waals surface area contributed by atoms with E-state index in [4.69, 9.17) is 9.15 Å². The molecular weight excluding hydrogens is 443 g/mol. The van der Waals surface area contributed by atoms with Crippen molar-refractivity contribution in [3.63, 3.8) is 0 Å². The lowest BCUT2D eigenvalue weighted by molar-refractivity contribution is -0.386. The van der Waals surface area contributed by atoms with Gasteiger partial charge in [-0.2, -0.15) is 5.10 Å². The van der Waals surface area contributed by atoms with Crippen LogP contribution in [-0.4, -0.2) is 20.6 Å². The molecule has 10 heteroatoms. The summed E-state index contributed by atoms with van der Waals surface area (Å²) in [5.74, 6) is -0.274. The summed E-state index contributed by atoms with van der Waals surface area (Å²) in [7, 11) is 0. The minimum absolute atomic E-state index is 0.0613. The summed E-state index contributed by atoms with van der Waals surface area (Å²) in [6.45, 7) is 3.95. The van der Waals surface area contributed by atoms with Gasteiger partial charge in [0.25, 0.3) is 5.91 Å². The molecule has 0 radical (unpaired) electrons. The maximum Gasteiger partial charge on any atom is 0.310 e. The second kappa shape index (κ2) is 9.57. The van der Waals surface area contributed by atoms with E-state index < -0.39 is 10.8 Å². The van der Waals surface area contributed by atoms with Crippen molar-refractivity contribution in [1.29, 1.82) is 0 Å². The predicted molar refractivity (Wildman–Crippen MR) is 121 cm³/mol. The SMILES string of the molecule is Cc1nn(Cc2ccc(F)cc2)c(C)c1NC(=O)c1ccc(COc2ccccc2[N+](=O)[O-])o1. The molecule has 0 aliphatic rings. The van der Waals surface area contributed by atoms with E-state index in [9.17, 15) is 19.3 Å². The molecule has 4 rings (SSSR count). The molecule has 0 aliphatic heterocycles. The standard InChI is InChI=1S/C24H21FN4O5/c1-15-23(16(2)28(27-15)13-17-7-9-18(25)10-8-17)26-24(30)22-12-11-19(34-22)14-33-21-6-4-3-5-20(21)29(31)32/h3-12H,13-14H2,1-2H3,(H,26,30). The highest BCUT2D eigenvalue weighted by molar-refractivity contribution is 6.02. The Bertz CT molecular complexity index is 1340. The largest absolute Gasteiger partial charge is 0.479 e. The number of carbonyl (C=O) groups excluding carboxylic acids is 1. The van der Waals surface area contributed by atoms with E-state index in [2.05, 4.69) is 10.4 Å². The molecule has 34 heavy (non-hydrogen) atoms. The van der Waals surface area contributed by atoms with E-state index in [1.54, 1.807) is 41.9 Å². The highest BCUT2D eigenvalue weighted by Gasteiger charge is 2.19. The van der Waals surface area contributed by atoms with Gasteiger partial charge in [0.2, 0.25) is 0 Å². The predicted octanol–water partition coefficient (Wildman–Crippen LogP) is 5.02. The van der Waals surface area contributed by atoms with Gasteiger partial charge < -0.3 is 14.5 Å². The van der Waals surface area contributed by atoms with Crippen molar-refractivity contribution < 1.29 is 23.3 Å².